The van der Waals surface area contributed by atoms with Crippen molar-refractivity contribution < 1.29 is 4.74 Å². The molecular formula is C11H22OS. The van der Waals surface area contributed by atoms with Crippen LogP contribution in [0.4, 0.5) is 0 Å². The van der Waals surface area contributed by atoms with Crippen molar-refractivity contribution in [3.8, 4) is 0 Å². The van der Waals surface area contributed by atoms with Gasteiger partial charge in [0, 0.05) is 17.6 Å². The van der Waals surface area contributed by atoms with Crippen molar-refractivity contribution in [3.63, 3.8) is 0 Å². The molecule has 4 atom stereocenters. The van der Waals surface area contributed by atoms with E-state index in [0.717, 1.165) is 29.6 Å². The molecule has 1 fully saturated rings. The summed E-state index contributed by atoms with van der Waals surface area (Å²) in [4.78, 5) is 0. The Morgan fingerprint density at radius 3 is 2.23 bits per heavy atom. The molecule has 0 radical (unpaired) electrons. The molecule has 0 aromatic heterocycles. The van der Waals surface area contributed by atoms with Gasteiger partial charge in [-0.25, -0.2) is 0 Å². The van der Waals surface area contributed by atoms with Crippen LogP contribution in [0.25, 0.3) is 0 Å². The Morgan fingerprint density at radius 2 is 1.85 bits per heavy atom. The molecule has 78 valence electrons. The lowest BCUT2D eigenvalue weighted by Crippen LogP contribution is -2.21. The number of methoxy groups -OCH3 is 1. The smallest absolute Gasteiger partial charge is 0.0584 e. The first kappa shape index (κ1) is 11.4. The monoisotopic (exact) mass is 202 g/mol. The average Bonchev–Trinajstić information content (AvgIpc) is 2.33. The summed E-state index contributed by atoms with van der Waals surface area (Å²) >= 11 is 2.13. The Morgan fingerprint density at radius 1 is 1.23 bits per heavy atom. The van der Waals surface area contributed by atoms with Gasteiger partial charge in [0.1, 0.15) is 0 Å². The molecule has 1 nitrogen and oxygen atoms in total. The van der Waals surface area contributed by atoms with Gasteiger partial charge in [0.05, 0.1) is 6.61 Å². The van der Waals surface area contributed by atoms with Crippen molar-refractivity contribution in [2.24, 2.45) is 17.8 Å². The Labute approximate surface area is 86.6 Å². The van der Waals surface area contributed by atoms with Gasteiger partial charge in [0.15, 0.2) is 0 Å². The van der Waals surface area contributed by atoms with Crippen molar-refractivity contribution in [3.05, 3.63) is 0 Å². The highest BCUT2D eigenvalue weighted by molar-refractivity contribution is 8.00. The fourth-order valence-corrected chi connectivity index (χ4v) is 4.13. The maximum Gasteiger partial charge on any atom is 0.0584 e. The molecule has 4 unspecified atom stereocenters. The summed E-state index contributed by atoms with van der Waals surface area (Å²) in [5.74, 6) is 2.44. The number of hydrogen-bond donors (Lipinski definition) is 0. The van der Waals surface area contributed by atoms with Crippen LogP contribution < -0.4 is 0 Å². The fraction of sp³-hybridized carbons (Fsp3) is 1.00. The second-order valence-corrected chi connectivity index (χ2v) is 5.98. The molecule has 1 aliphatic rings. The van der Waals surface area contributed by atoms with E-state index in [2.05, 4.69) is 39.5 Å². The molecule has 0 aromatic rings. The van der Waals surface area contributed by atoms with Gasteiger partial charge in [-0.1, -0.05) is 27.7 Å². The SMILES string of the molecule is COCC1SC(C(C)C)C(C)C1C. The van der Waals surface area contributed by atoms with Crippen LogP contribution in [0.5, 0.6) is 0 Å². The molecule has 0 aromatic carbocycles. The molecule has 1 rings (SSSR count). The highest BCUT2D eigenvalue weighted by Gasteiger charge is 2.39. The zero-order valence-electron chi connectivity index (χ0n) is 9.41. The predicted molar refractivity (Wildman–Crippen MR) is 60.2 cm³/mol. The van der Waals surface area contributed by atoms with Gasteiger partial charge >= 0.3 is 0 Å². The lowest BCUT2D eigenvalue weighted by Gasteiger charge is -2.20. The standard InChI is InChI=1S/C11H22OS/c1-7(2)11-9(4)8(3)10(13-11)6-12-5/h7-11H,6H2,1-5H3. The minimum absolute atomic E-state index is 0.715. The summed E-state index contributed by atoms with van der Waals surface area (Å²) in [6.07, 6.45) is 0. The largest absolute Gasteiger partial charge is 0.384 e. The molecule has 0 spiro atoms. The van der Waals surface area contributed by atoms with Gasteiger partial charge < -0.3 is 4.74 Å². The first-order chi connectivity index (χ1) is 6.07. The molecular weight excluding hydrogens is 180 g/mol. The summed E-state index contributed by atoms with van der Waals surface area (Å²) in [6, 6.07) is 0. The minimum atomic E-state index is 0.715. The Hall–Kier alpha value is 0.310. The van der Waals surface area contributed by atoms with E-state index in [-0.39, 0.29) is 0 Å². The number of hydrogen-bond acceptors (Lipinski definition) is 2. The zero-order valence-corrected chi connectivity index (χ0v) is 10.2. The van der Waals surface area contributed by atoms with Crippen molar-refractivity contribution in [1.29, 1.82) is 0 Å². The molecule has 2 heteroatoms. The van der Waals surface area contributed by atoms with Crippen molar-refractivity contribution in [1.82, 2.24) is 0 Å². The van der Waals surface area contributed by atoms with E-state index in [1.165, 1.54) is 0 Å². The minimum Gasteiger partial charge on any atom is -0.384 e. The maximum absolute atomic E-state index is 5.25. The Balaban J connectivity index is 2.56. The number of thioether (sulfide) groups is 1. The third-order valence-electron chi connectivity index (χ3n) is 3.25. The van der Waals surface area contributed by atoms with Crippen LogP contribution in [-0.2, 0) is 4.74 Å². The van der Waals surface area contributed by atoms with E-state index in [1.807, 2.05) is 0 Å². The lowest BCUT2D eigenvalue weighted by molar-refractivity contribution is 0.178. The summed E-state index contributed by atoms with van der Waals surface area (Å²) in [5.41, 5.74) is 0. The van der Waals surface area contributed by atoms with E-state index in [9.17, 15) is 0 Å². The van der Waals surface area contributed by atoms with Gasteiger partial charge in [-0.05, 0) is 17.8 Å². The van der Waals surface area contributed by atoms with Crippen molar-refractivity contribution in [2.75, 3.05) is 13.7 Å². The molecule has 0 bridgehead atoms. The van der Waals surface area contributed by atoms with Crippen LogP contribution in [0.3, 0.4) is 0 Å². The first-order valence-electron chi connectivity index (χ1n) is 5.22. The molecule has 0 saturated carbocycles. The highest BCUT2D eigenvalue weighted by atomic mass is 32.2. The predicted octanol–water partition coefficient (Wildman–Crippen LogP) is 3.05. The molecule has 13 heavy (non-hydrogen) atoms. The van der Waals surface area contributed by atoms with E-state index < -0.39 is 0 Å². The quantitative estimate of drug-likeness (QED) is 0.695. The summed E-state index contributed by atoms with van der Waals surface area (Å²) in [7, 11) is 1.81. The van der Waals surface area contributed by atoms with Crippen molar-refractivity contribution in [2.45, 2.75) is 38.2 Å². The molecule has 0 amide bonds. The van der Waals surface area contributed by atoms with E-state index >= 15 is 0 Å². The van der Waals surface area contributed by atoms with Gasteiger partial charge in [0.2, 0.25) is 0 Å². The Bertz CT molecular complexity index is 158. The fourth-order valence-electron chi connectivity index (χ4n) is 2.21. The van der Waals surface area contributed by atoms with Gasteiger partial charge in [0.25, 0.3) is 0 Å². The summed E-state index contributed by atoms with van der Waals surface area (Å²) in [5, 5.41) is 1.54. The Kier molecular flexibility index (Phi) is 4.11. The normalized spacial score (nSPS) is 40.2. The molecule has 1 aliphatic heterocycles. The topological polar surface area (TPSA) is 9.23 Å². The maximum atomic E-state index is 5.25. The van der Waals surface area contributed by atoms with Crippen LogP contribution in [0, 0.1) is 17.8 Å². The molecule has 0 aliphatic carbocycles. The second kappa shape index (κ2) is 4.70. The van der Waals surface area contributed by atoms with Crippen LogP contribution >= 0.6 is 11.8 Å². The first-order valence-corrected chi connectivity index (χ1v) is 6.16. The van der Waals surface area contributed by atoms with E-state index in [0.29, 0.717) is 5.25 Å². The second-order valence-electron chi connectivity index (χ2n) is 4.56. The van der Waals surface area contributed by atoms with E-state index in [4.69, 9.17) is 4.74 Å². The third kappa shape index (κ3) is 2.41. The molecule has 1 saturated heterocycles. The van der Waals surface area contributed by atoms with Crippen LogP contribution in [0.15, 0.2) is 0 Å². The summed E-state index contributed by atoms with van der Waals surface area (Å²) < 4.78 is 5.25. The highest BCUT2D eigenvalue weighted by Crippen LogP contribution is 2.45. The summed E-state index contributed by atoms with van der Waals surface area (Å²) in [6.45, 7) is 10.3. The van der Waals surface area contributed by atoms with Gasteiger partial charge in [-0.3, -0.25) is 0 Å². The van der Waals surface area contributed by atoms with E-state index in [1.54, 1.807) is 7.11 Å². The van der Waals surface area contributed by atoms with Crippen molar-refractivity contribution >= 4 is 11.8 Å². The van der Waals surface area contributed by atoms with Crippen LogP contribution in [0.1, 0.15) is 27.7 Å². The number of rotatable bonds is 3. The lowest BCUT2D eigenvalue weighted by atomic mass is 9.86. The van der Waals surface area contributed by atoms with Gasteiger partial charge in [-0.2, -0.15) is 11.8 Å². The van der Waals surface area contributed by atoms with Crippen LogP contribution in [0.2, 0.25) is 0 Å². The molecule has 1 heterocycles. The van der Waals surface area contributed by atoms with Gasteiger partial charge in [-0.15, -0.1) is 0 Å². The van der Waals surface area contributed by atoms with Crippen LogP contribution in [-0.4, -0.2) is 24.2 Å². The number of ether oxygens (including phenoxy) is 1. The third-order valence-corrected chi connectivity index (χ3v) is 5.46. The zero-order chi connectivity index (χ0) is 10.0. The molecule has 0 N–H and O–H groups in total. The average molecular weight is 202 g/mol.